The van der Waals surface area contributed by atoms with Crippen molar-refractivity contribution in [3.05, 3.63) is 58.4 Å². The first-order valence-corrected chi connectivity index (χ1v) is 8.78. The molecule has 0 aliphatic carbocycles. The standard InChI is InChI=1S/C19H18ClN5O/c1-4-14-12(3)21-19-23-17(16-6-5-9-26-16)24-25(19)18(14)22-13-8-7-11(2)15(20)10-13/h5-10,22H,4H2,1-3H3. The molecule has 0 atom stereocenters. The summed E-state index contributed by atoms with van der Waals surface area (Å²) in [6, 6.07) is 9.52. The zero-order valence-electron chi connectivity index (χ0n) is 14.7. The molecule has 3 heterocycles. The Bertz CT molecular complexity index is 1090. The lowest BCUT2D eigenvalue weighted by atomic mass is 10.1. The molecular weight excluding hydrogens is 350 g/mol. The zero-order chi connectivity index (χ0) is 18.3. The van der Waals surface area contributed by atoms with Crippen LogP contribution in [0.1, 0.15) is 23.7 Å². The second-order valence-electron chi connectivity index (χ2n) is 6.09. The lowest BCUT2D eigenvalue weighted by Crippen LogP contribution is -2.08. The van der Waals surface area contributed by atoms with Gasteiger partial charge in [-0.05, 0) is 50.1 Å². The number of halogens is 1. The lowest BCUT2D eigenvalue weighted by Gasteiger charge is -2.14. The summed E-state index contributed by atoms with van der Waals surface area (Å²) in [6.07, 6.45) is 2.41. The van der Waals surface area contributed by atoms with Gasteiger partial charge in [-0.15, -0.1) is 5.10 Å². The minimum atomic E-state index is 0.500. The molecule has 0 saturated carbocycles. The number of hydrogen-bond acceptors (Lipinski definition) is 5. The van der Waals surface area contributed by atoms with E-state index in [0.717, 1.165) is 34.7 Å². The van der Waals surface area contributed by atoms with E-state index < -0.39 is 0 Å². The zero-order valence-corrected chi connectivity index (χ0v) is 15.5. The molecule has 0 aliphatic heterocycles. The first-order chi connectivity index (χ1) is 12.6. The number of anilines is 2. The highest BCUT2D eigenvalue weighted by Gasteiger charge is 2.17. The summed E-state index contributed by atoms with van der Waals surface area (Å²) in [6.45, 7) is 6.05. The van der Waals surface area contributed by atoms with Gasteiger partial charge in [0.15, 0.2) is 5.76 Å². The lowest BCUT2D eigenvalue weighted by molar-refractivity contribution is 0.577. The van der Waals surface area contributed by atoms with Crippen LogP contribution in [0.2, 0.25) is 5.02 Å². The van der Waals surface area contributed by atoms with Gasteiger partial charge in [-0.25, -0.2) is 4.98 Å². The third-order valence-corrected chi connectivity index (χ3v) is 4.73. The number of nitrogens with zero attached hydrogens (tertiary/aromatic N) is 4. The Morgan fingerprint density at radius 3 is 2.73 bits per heavy atom. The molecule has 6 nitrogen and oxygen atoms in total. The number of aromatic nitrogens is 4. The van der Waals surface area contributed by atoms with E-state index in [1.807, 2.05) is 44.2 Å². The monoisotopic (exact) mass is 367 g/mol. The van der Waals surface area contributed by atoms with Gasteiger partial charge in [-0.1, -0.05) is 24.6 Å². The Kier molecular flexibility index (Phi) is 4.12. The molecule has 0 saturated heterocycles. The van der Waals surface area contributed by atoms with Gasteiger partial charge in [0.2, 0.25) is 5.82 Å². The number of furan rings is 1. The average molecular weight is 368 g/mol. The molecule has 26 heavy (non-hydrogen) atoms. The van der Waals surface area contributed by atoms with Gasteiger partial charge in [0.1, 0.15) is 5.82 Å². The summed E-state index contributed by atoms with van der Waals surface area (Å²) in [4.78, 5) is 9.10. The van der Waals surface area contributed by atoms with Crippen LogP contribution >= 0.6 is 11.6 Å². The van der Waals surface area contributed by atoms with Gasteiger partial charge in [-0.3, -0.25) is 0 Å². The molecule has 4 rings (SSSR count). The second kappa shape index (κ2) is 6.46. The van der Waals surface area contributed by atoms with Crippen LogP contribution in [-0.2, 0) is 6.42 Å². The van der Waals surface area contributed by atoms with E-state index in [-0.39, 0.29) is 0 Å². The van der Waals surface area contributed by atoms with E-state index in [1.165, 1.54) is 0 Å². The molecule has 1 aromatic carbocycles. The van der Waals surface area contributed by atoms with Crippen molar-refractivity contribution in [1.82, 2.24) is 19.6 Å². The van der Waals surface area contributed by atoms with Crippen LogP contribution in [0.3, 0.4) is 0 Å². The molecule has 0 unspecified atom stereocenters. The van der Waals surface area contributed by atoms with Crippen molar-refractivity contribution in [2.24, 2.45) is 0 Å². The largest absolute Gasteiger partial charge is 0.461 e. The Labute approximate surface area is 155 Å². The van der Waals surface area contributed by atoms with Gasteiger partial charge in [0, 0.05) is 22.0 Å². The molecule has 3 aromatic heterocycles. The van der Waals surface area contributed by atoms with Crippen LogP contribution in [0, 0.1) is 13.8 Å². The van der Waals surface area contributed by atoms with Gasteiger partial charge >= 0.3 is 0 Å². The van der Waals surface area contributed by atoms with Crippen molar-refractivity contribution in [2.75, 3.05) is 5.32 Å². The molecular formula is C19H18ClN5O. The highest BCUT2D eigenvalue weighted by molar-refractivity contribution is 6.31. The molecule has 4 aromatic rings. The van der Waals surface area contributed by atoms with Crippen LogP contribution in [0.5, 0.6) is 0 Å². The normalized spacial score (nSPS) is 11.2. The van der Waals surface area contributed by atoms with E-state index in [1.54, 1.807) is 10.8 Å². The highest BCUT2D eigenvalue weighted by Crippen LogP contribution is 2.28. The fourth-order valence-electron chi connectivity index (χ4n) is 2.91. The van der Waals surface area contributed by atoms with Crippen LogP contribution in [0.4, 0.5) is 11.5 Å². The topological polar surface area (TPSA) is 68.2 Å². The van der Waals surface area contributed by atoms with E-state index in [4.69, 9.17) is 16.0 Å². The predicted molar refractivity (Wildman–Crippen MR) is 102 cm³/mol. The fourth-order valence-corrected chi connectivity index (χ4v) is 3.09. The quantitative estimate of drug-likeness (QED) is 0.552. The summed E-state index contributed by atoms with van der Waals surface area (Å²) in [5.74, 6) is 2.46. The van der Waals surface area contributed by atoms with Gasteiger partial charge in [-0.2, -0.15) is 9.50 Å². The smallest absolute Gasteiger partial charge is 0.255 e. The summed E-state index contributed by atoms with van der Waals surface area (Å²) < 4.78 is 7.14. The van der Waals surface area contributed by atoms with Crippen molar-refractivity contribution >= 4 is 28.9 Å². The predicted octanol–water partition coefficient (Wildman–Crippen LogP) is 4.96. The van der Waals surface area contributed by atoms with E-state index in [2.05, 4.69) is 27.3 Å². The third kappa shape index (κ3) is 2.82. The van der Waals surface area contributed by atoms with Gasteiger partial charge < -0.3 is 9.73 Å². The molecule has 0 aliphatic rings. The second-order valence-corrected chi connectivity index (χ2v) is 6.50. The van der Waals surface area contributed by atoms with E-state index >= 15 is 0 Å². The molecule has 132 valence electrons. The Balaban J connectivity index is 1.88. The summed E-state index contributed by atoms with van der Waals surface area (Å²) in [5.41, 5.74) is 3.91. The Hall–Kier alpha value is -2.86. The number of hydrogen-bond donors (Lipinski definition) is 1. The summed E-state index contributed by atoms with van der Waals surface area (Å²) >= 11 is 6.28. The molecule has 0 radical (unpaired) electrons. The van der Waals surface area contributed by atoms with Gasteiger partial charge in [0.25, 0.3) is 5.78 Å². The number of nitrogens with one attached hydrogen (secondary N) is 1. The Morgan fingerprint density at radius 1 is 1.19 bits per heavy atom. The van der Waals surface area contributed by atoms with Crippen LogP contribution in [-0.4, -0.2) is 19.6 Å². The van der Waals surface area contributed by atoms with E-state index in [0.29, 0.717) is 22.4 Å². The van der Waals surface area contributed by atoms with Crippen LogP contribution in [0.15, 0.2) is 41.0 Å². The van der Waals surface area contributed by atoms with E-state index in [9.17, 15) is 0 Å². The summed E-state index contributed by atoms with van der Waals surface area (Å²) in [5, 5.41) is 8.75. The number of rotatable bonds is 4. The molecule has 1 N–H and O–H groups in total. The maximum absolute atomic E-state index is 6.28. The minimum Gasteiger partial charge on any atom is -0.461 e. The Morgan fingerprint density at radius 2 is 2.04 bits per heavy atom. The molecule has 0 fully saturated rings. The van der Waals surface area contributed by atoms with Crippen LogP contribution < -0.4 is 5.32 Å². The minimum absolute atomic E-state index is 0.500. The molecule has 0 spiro atoms. The van der Waals surface area contributed by atoms with Crippen molar-refractivity contribution in [3.8, 4) is 11.6 Å². The molecule has 0 bridgehead atoms. The average Bonchev–Trinajstić information content (AvgIpc) is 3.27. The van der Waals surface area contributed by atoms with Crippen LogP contribution in [0.25, 0.3) is 17.4 Å². The third-order valence-electron chi connectivity index (χ3n) is 4.32. The van der Waals surface area contributed by atoms with Crippen molar-refractivity contribution < 1.29 is 4.42 Å². The number of benzene rings is 1. The highest BCUT2D eigenvalue weighted by atomic mass is 35.5. The van der Waals surface area contributed by atoms with Gasteiger partial charge in [0.05, 0.1) is 6.26 Å². The molecule has 0 amide bonds. The maximum Gasteiger partial charge on any atom is 0.255 e. The number of aryl methyl sites for hydroxylation is 2. The molecule has 7 heteroatoms. The first-order valence-electron chi connectivity index (χ1n) is 8.40. The van der Waals surface area contributed by atoms with Crippen molar-refractivity contribution in [1.29, 1.82) is 0 Å². The fraction of sp³-hybridized carbons (Fsp3) is 0.211. The SMILES string of the molecule is CCc1c(C)nc2nc(-c3ccco3)nn2c1Nc1ccc(C)c(Cl)c1. The summed E-state index contributed by atoms with van der Waals surface area (Å²) in [7, 11) is 0. The first kappa shape index (κ1) is 16.6. The van der Waals surface area contributed by atoms with Crippen molar-refractivity contribution in [2.45, 2.75) is 27.2 Å². The maximum atomic E-state index is 6.28. The van der Waals surface area contributed by atoms with Crippen molar-refractivity contribution in [3.63, 3.8) is 0 Å². The number of fused-ring (bicyclic) bond motifs is 1.